The monoisotopic (exact) mass is 385 g/mol. The number of rotatable bonds is 5. The summed E-state index contributed by atoms with van der Waals surface area (Å²) < 4.78 is 14.3. The number of H-pyrrole nitrogens is 1. The third kappa shape index (κ3) is 3.27. The summed E-state index contributed by atoms with van der Waals surface area (Å²) in [6.07, 6.45) is 7.14. The van der Waals surface area contributed by atoms with Crippen LogP contribution in [0.5, 0.6) is 0 Å². The molecule has 0 bridgehead atoms. The van der Waals surface area contributed by atoms with E-state index in [1.54, 1.807) is 6.92 Å². The van der Waals surface area contributed by atoms with Gasteiger partial charge in [0, 0.05) is 30.7 Å². The minimum absolute atomic E-state index is 0.0356. The molecular weight excluding hydrogens is 357 g/mol. The molecule has 0 aromatic carbocycles. The topological polar surface area (TPSA) is 73.9 Å². The Bertz CT molecular complexity index is 905. The molecule has 2 aromatic heterocycles. The van der Waals surface area contributed by atoms with Gasteiger partial charge in [-0.1, -0.05) is 20.4 Å². The maximum Gasteiger partial charge on any atom is 0.246 e. The van der Waals surface area contributed by atoms with Crippen molar-refractivity contribution in [3.05, 3.63) is 30.7 Å². The third-order valence-electron chi connectivity index (χ3n) is 6.24. The number of nitrogens with one attached hydrogen (secondary N) is 2. The number of nitrogens with zero attached hydrogens (tertiary/aromatic N) is 3. The van der Waals surface area contributed by atoms with Crippen molar-refractivity contribution in [3.8, 4) is 0 Å². The lowest BCUT2D eigenvalue weighted by Crippen LogP contribution is -2.52. The molecule has 1 amide bonds. The second kappa shape index (κ2) is 6.87. The van der Waals surface area contributed by atoms with Crippen LogP contribution in [0.15, 0.2) is 25.2 Å². The van der Waals surface area contributed by atoms with E-state index < -0.39 is 5.67 Å². The van der Waals surface area contributed by atoms with E-state index in [1.807, 2.05) is 11.1 Å². The molecule has 0 radical (unpaired) electrons. The van der Waals surface area contributed by atoms with Crippen molar-refractivity contribution in [2.75, 3.05) is 11.9 Å². The molecule has 150 valence electrons. The number of anilines is 1. The summed E-state index contributed by atoms with van der Waals surface area (Å²) in [7, 11) is 0. The summed E-state index contributed by atoms with van der Waals surface area (Å²) in [5.41, 5.74) is 0.480. The van der Waals surface area contributed by atoms with Crippen molar-refractivity contribution in [1.82, 2.24) is 19.9 Å². The molecule has 2 aliphatic rings. The van der Waals surface area contributed by atoms with Crippen LogP contribution in [-0.4, -0.2) is 50.1 Å². The summed E-state index contributed by atoms with van der Waals surface area (Å²) in [5.74, 6) is 0.946. The Kier molecular flexibility index (Phi) is 4.63. The Morgan fingerprint density at radius 3 is 2.86 bits per heavy atom. The summed E-state index contributed by atoms with van der Waals surface area (Å²) in [5, 5.41) is 4.37. The maximum atomic E-state index is 14.3. The van der Waals surface area contributed by atoms with Gasteiger partial charge in [-0.2, -0.15) is 0 Å². The Labute approximate surface area is 164 Å². The number of hydrogen-bond acceptors (Lipinski definition) is 4. The van der Waals surface area contributed by atoms with E-state index in [-0.39, 0.29) is 23.9 Å². The number of aromatic amines is 1. The molecule has 0 spiro atoms. The van der Waals surface area contributed by atoms with E-state index in [1.165, 1.54) is 12.4 Å². The highest BCUT2D eigenvalue weighted by Gasteiger charge is 2.53. The summed E-state index contributed by atoms with van der Waals surface area (Å²) in [6.45, 7) is 10.2. The van der Waals surface area contributed by atoms with Gasteiger partial charge in [0.2, 0.25) is 5.91 Å². The van der Waals surface area contributed by atoms with Gasteiger partial charge in [-0.15, -0.1) is 0 Å². The maximum absolute atomic E-state index is 14.3. The molecule has 1 aliphatic carbocycles. The van der Waals surface area contributed by atoms with Crippen molar-refractivity contribution in [3.63, 3.8) is 0 Å². The zero-order valence-corrected chi connectivity index (χ0v) is 16.7. The number of piperidine rings is 1. The lowest BCUT2D eigenvalue weighted by atomic mass is 9.90. The quantitative estimate of drug-likeness (QED) is 0.768. The Morgan fingerprint density at radius 1 is 1.46 bits per heavy atom. The molecule has 4 rings (SSSR count). The molecule has 1 saturated heterocycles. The first-order valence-corrected chi connectivity index (χ1v) is 10.0. The number of carbonyl (C=O) groups is 1. The summed E-state index contributed by atoms with van der Waals surface area (Å²) in [4.78, 5) is 26.2. The molecule has 2 fully saturated rings. The van der Waals surface area contributed by atoms with Gasteiger partial charge in [-0.25, -0.2) is 14.4 Å². The number of halogens is 1. The standard InChI is InChI=1S/C21H28FN5O/c1-5-17(28)27-10-13(6-7-16(27)12(2)3)26-20-18-14(15-8-21(15,4)22)9-23-19(18)24-11-25-20/h5,9,11-13,15-16H,1,6-8,10H2,2-4H3,(H2,23,24,25,26)/t13-,15+,16-,21?/m1/s1. The molecule has 6 nitrogen and oxygen atoms in total. The van der Waals surface area contributed by atoms with Crippen molar-refractivity contribution in [1.29, 1.82) is 0 Å². The molecule has 7 heteroatoms. The number of amides is 1. The highest BCUT2D eigenvalue weighted by atomic mass is 19.1. The first kappa shape index (κ1) is 18.9. The molecule has 1 unspecified atom stereocenters. The van der Waals surface area contributed by atoms with Gasteiger partial charge >= 0.3 is 0 Å². The highest BCUT2D eigenvalue weighted by molar-refractivity contribution is 5.91. The van der Waals surface area contributed by atoms with Crippen LogP contribution in [0.25, 0.3) is 11.0 Å². The van der Waals surface area contributed by atoms with Crippen LogP contribution in [-0.2, 0) is 4.79 Å². The number of likely N-dealkylation sites (tertiary alicyclic amines) is 1. The number of hydrogen-bond donors (Lipinski definition) is 2. The number of carbonyl (C=O) groups excluding carboxylic acids is 1. The molecule has 2 N–H and O–H groups in total. The van der Waals surface area contributed by atoms with Crippen LogP contribution in [0.4, 0.5) is 10.2 Å². The zero-order chi connectivity index (χ0) is 20.1. The van der Waals surface area contributed by atoms with Crippen LogP contribution in [0.2, 0.25) is 0 Å². The van der Waals surface area contributed by atoms with Gasteiger partial charge in [-0.3, -0.25) is 4.79 Å². The van der Waals surface area contributed by atoms with Crippen molar-refractivity contribution < 1.29 is 9.18 Å². The van der Waals surface area contributed by atoms with Crippen LogP contribution in [0, 0.1) is 5.92 Å². The molecule has 3 heterocycles. The first-order valence-electron chi connectivity index (χ1n) is 10.0. The smallest absolute Gasteiger partial charge is 0.246 e. The Hall–Kier alpha value is -2.44. The zero-order valence-electron chi connectivity index (χ0n) is 16.7. The van der Waals surface area contributed by atoms with E-state index in [0.29, 0.717) is 30.3 Å². The largest absolute Gasteiger partial charge is 0.365 e. The lowest BCUT2D eigenvalue weighted by Gasteiger charge is -2.41. The molecule has 2 aromatic rings. The fourth-order valence-electron chi connectivity index (χ4n) is 4.51. The van der Waals surface area contributed by atoms with Crippen molar-refractivity contribution >= 4 is 22.8 Å². The fraction of sp³-hybridized carbons (Fsp3) is 0.571. The minimum Gasteiger partial charge on any atom is -0.365 e. The molecule has 28 heavy (non-hydrogen) atoms. The van der Waals surface area contributed by atoms with Crippen LogP contribution < -0.4 is 5.32 Å². The number of fused-ring (bicyclic) bond motifs is 1. The minimum atomic E-state index is -1.16. The fourth-order valence-corrected chi connectivity index (χ4v) is 4.51. The number of aromatic nitrogens is 3. The molecular formula is C21H28FN5O. The number of alkyl halides is 1. The Balaban J connectivity index is 1.59. The van der Waals surface area contributed by atoms with E-state index in [4.69, 9.17) is 0 Å². The second-order valence-corrected chi connectivity index (χ2v) is 8.65. The average molecular weight is 385 g/mol. The van der Waals surface area contributed by atoms with Gasteiger partial charge in [0.05, 0.1) is 5.39 Å². The van der Waals surface area contributed by atoms with Gasteiger partial charge in [0.25, 0.3) is 0 Å². The summed E-state index contributed by atoms with van der Waals surface area (Å²) >= 11 is 0. The highest BCUT2D eigenvalue weighted by Crippen LogP contribution is 2.56. The first-order chi connectivity index (χ1) is 13.3. The van der Waals surface area contributed by atoms with Crippen LogP contribution >= 0.6 is 0 Å². The second-order valence-electron chi connectivity index (χ2n) is 8.65. The lowest BCUT2D eigenvalue weighted by molar-refractivity contribution is -0.130. The molecule has 1 aliphatic heterocycles. The van der Waals surface area contributed by atoms with E-state index in [9.17, 15) is 9.18 Å². The molecule has 1 saturated carbocycles. The predicted molar refractivity (Wildman–Crippen MR) is 108 cm³/mol. The Morgan fingerprint density at radius 2 is 2.21 bits per heavy atom. The SMILES string of the molecule is C=CC(=O)N1C[C@H](Nc2ncnc3[nH]cc([C@@H]4CC4(C)F)c23)CC[C@@H]1C(C)C. The van der Waals surface area contributed by atoms with Gasteiger partial charge in [-0.05, 0) is 43.7 Å². The van der Waals surface area contributed by atoms with Gasteiger partial charge < -0.3 is 15.2 Å². The third-order valence-corrected chi connectivity index (χ3v) is 6.24. The van der Waals surface area contributed by atoms with Crippen LogP contribution in [0.3, 0.4) is 0 Å². The van der Waals surface area contributed by atoms with Crippen molar-refractivity contribution in [2.45, 2.75) is 63.7 Å². The van der Waals surface area contributed by atoms with Gasteiger partial charge in [0.15, 0.2) is 0 Å². The molecule has 4 atom stereocenters. The van der Waals surface area contributed by atoms with Gasteiger partial charge in [0.1, 0.15) is 23.5 Å². The normalized spacial score (nSPS) is 29.9. The predicted octanol–water partition coefficient (Wildman–Crippen LogP) is 3.79. The van der Waals surface area contributed by atoms with E-state index >= 15 is 0 Å². The van der Waals surface area contributed by atoms with E-state index in [2.05, 4.69) is 40.7 Å². The van der Waals surface area contributed by atoms with Crippen molar-refractivity contribution in [2.24, 2.45) is 5.92 Å². The average Bonchev–Trinajstić information content (AvgIpc) is 3.10. The van der Waals surface area contributed by atoms with Crippen LogP contribution in [0.1, 0.15) is 51.5 Å². The summed E-state index contributed by atoms with van der Waals surface area (Å²) in [6, 6.07) is 0.297. The van der Waals surface area contributed by atoms with E-state index in [0.717, 1.165) is 23.8 Å².